The number of para-hydroxylation sites is 1. The Morgan fingerprint density at radius 2 is 1.37 bits per heavy atom. The molecule has 2 heteroatoms. The molecule has 2 nitrogen and oxygen atoms in total. The van der Waals surface area contributed by atoms with Crippen LogP contribution in [0, 0.1) is 5.92 Å². The third kappa shape index (κ3) is 3.58. The maximum Gasteiger partial charge on any atom is 0.131 e. The first-order chi connectivity index (χ1) is 9.18. The van der Waals surface area contributed by atoms with Gasteiger partial charge in [-0.05, 0) is 23.6 Å². The van der Waals surface area contributed by atoms with E-state index in [0.29, 0.717) is 0 Å². The summed E-state index contributed by atoms with van der Waals surface area (Å²) >= 11 is 0. The largest absolute Gasteiger partial charge is 0.487 e. The van der Waals surface area contributed by atoms with Gasteiger partial charge in [0.2, 0.25) is 0 Å². The molecule has 19 heavy (non-hydrogen) atoms. The smallest absolute Gasteiger partial charge is 0.131 e. The summed E-state index contributed by atoms with van der Waals surface area (Å²) in [4.78, 5) is 0. The summed E-state index contributed by atoms with van der Waals surface area (Å²) in [7, 11) is 0. The van der Waals surface area contributed by atoms with E-state index in [9.17, 15) is 5.11 Å². The fourth-order valence-corrected chi connectivity index (χ4v) is 2.06. The molecule has 0 saturated heterocycles. The van der Waals surface area contributed by atoms with E-state index in [0.717, 1.165) is 11.3 Å². The number of aliphatic hydroxyl groups is 1. The highest BCUT2D eigenvalue weighted by Gasteiger charge is 2.25. The average Bonchev–Trinajstić information content (AvgIpc) is 2.46. The number of rotatable bonds is 5. The molecular weight excluding hydrogens is 236 g/mol. The van der Waals surface area contributed by atoms with Gasteiger partial charge >= 0.3 is 0 Å². The summed E-state index contributed by atoms with van der Waals surface area (Å²) in [6.45, 7) is 4.11. The van der Waals surface area contributed by atoms with Gasteiger partial charge in [-0.3, -0.25) is 0 Å². The van der Waals surface area contributed by atoms with Gasteiger partial charge in [0, 0.05) is 0 Å². The monoisotopic (exact) mass is 256 g/mol. The fourth-order valence-electron chi connectivity index (χ4n) is 2.06. The SMILES string of the molecule is CC(C)C(Oc1ccccc1)C(O)c1ccccc1. The van der Waals surface area contributed by atoms with Crippen LogP contribution in [-0.4, -0.2) is 11.2 Å². The first kappa shape index (κ1) is 13.6. The fraction of sp³-hybridized carbons (Fsp3) is 0.294. The molecule has 2 rings (SSSR count). The molecular formula is C17H20O2. The van der Waals surface area contributed by atoms with E-state index in [1.54, 1.807) is 0 Å². The molecule has 0 spiro atoms. The van der Waals surface area contributed by atoms with Crippen molar-refractivity contribution in [3.8, 4) is 5.75 Å². The van der Waals surface area contributed by atoms with E-state index >= 15 is 0 Å². The zero-order valence-electron chi connectivity index (χ0n) is 11.4. The molecule has 0 fully saturated rings. The Bertz CT molecular complexity index is 479. The topological polar surface area (TPSA) is 29.5 Å². The molecule has 100 valence electrons. The first-order valence-electron chi connectivity index (χ1n) is 6.63. The number of hydrogen-bond donors (Lipinski definition) is 1. The highest BCUT2D eigenvalue weighted by molar-refractivity contribution is 5.23. The Hall–Kier alpha value is -1.80. The van der Waals surface area contributed by atoms with Crippen molar-refractivity contribution in [2.45, 2.75) is 26.1 Å². The molecule has 2 aromatic carbocycles. The second-order valence-electron chi connectivity index (χ2n) is 5.00. The van der Waals surface area contributed by atoms with Gasteiger partial charge in [0.1, 0.15) is 18.0 Å². The molecule has 0 saturated carbocycles. The predicted molar refractivity (Wildman–Crippen MR) is 77.1 cm³/mol. The Kier molecular flexibility index (Phi) is 4.58. The molecule has 0 amide bonds. The minimum Gasteiger partial charge on any atom is -0.487 e. The van der Waals surface area contributed by atoms with Gasteiger partial charge in [-0.1, -0.05) is 62.4 Å². The number of benzene rings is 2. The Balaban J connectivity index is 2.17. The number of ether oxygens (including phenoxy) is 1. The van der Waals surface area contributed by atoms with Gasteiger partial charge in [0.15, 0.2) is 0 Å². The second kappa shape index (κ2) is 6.39. The van der Waals surface area contributed by atoms with Crippen LogP contribution in [0.3, 0.4) is 0 Å². The lowest BCUT2D eigenvalue weighted by Crippen LogP contribution is -2.30. The summed E-state index contributed by atoms with van der Waals surface area (Å²) < 4.78 is 5.94. The van der Waals surface area contributed by atoms with Crippen LogP contribution in [0.5, 0.6) is 5.75 Å². The van der Waals surface area contributed by atoms with Crippen molar-refractivity contribution in [3.05, 3.63) is 66.2 Å². The molecule has 0 aliphatic carbocycles. The Labute approximate surface area is 114 Å². The van der Waals surface area contributed by atoms with Crippen LogP contribution in [0.2, 0.25) is 0 Å². The van der Waals surface area contributed by atoms with Gasteiger partial charge in [-0.2, -0.15) is 0 Å². The molecule has 2 unspecified atom stereocenters. The van der Waals surface area contributed by atoms with Crippen molar-refractivity contribution in [2.24, 2.45) is 5.92 Å². The lowest BCUT2D eigenvalue weighted by molar-refractivity contribution is 0.00789. The summed E-state index contributed by atoms with van der Waals surface area (Å²) in [5.41, 5.74) is 0.886. The minimum atomic E-state index is -0.624. The molecule has 0 radical (unpaired) electrons. The third-order valence-electron chi connectivity index (χ3n) is 3.12. The van der Waals surface area contributed by atoms with Gasteiger partial charge < -0.3 is 9.84 Å². The molecule has 2 atom stereocenters. The van der Waals surface area contributed by atoms with Crippen LogP contribution in [0.15, 0.2) is 60.7 Å². The minimum absolute atomic E-state index is 0.218. The maximum absolute atomic E-state index is 10.5. The molecule has 0 aromatic heterocycles. The predicted octanol–water partition coefficient (Wildman–Crippen LogP) is 3.82. The van der Waals surface area contributed by atoms with Crippen LogP contribution >= 0.6 is 0 Å². The van der Waals surface area contributed by atoms with Crippen molar-refractivity contribution < 1.29 is 9.84 Å². The Morgan fingerprint density at radius 3 is 1.89 bits per heavy atom. The van der Waals surface area contributed by atoms with E-state index in [1.165, 1.54) is 0 Å². The maximum atomic E-state index is 10.5. The highest BCUT2D eigenvalue weighted by atomic mass is 16.5. The lowest BCUT2D eigenvalue weighted by atomic mass is 9.96. The van der Waals surface area contributed by atoms with E-state index < -0.39 is 6.10 Å². The third-order valence-corrected chi connectivity index (χ3v) is 3.12. The molecule has 0 bridgehead atoms. The van der Waals surface area contributed by atoms with Crippen LogP contribution < -0.4 is 4.74 Å². The van der Waals surface area contributed by atoms with Gasteiger partial charge in [-0.25, -0.2) is 0 Å². The van der Waals surface area contributed by atoms with Gasteiger partial charge in [0.25, 0.3) is 0 Å². The highest BCUT2D eigenvalue weighted by Crippen LogP contribution is 2.26. The number of hydrogen-bond acceptors (Lipinski definition) is 2. The van der Waals surface area contributed by atoms with E-state index in [-0.39, 0.29) is 12.0 Å². The van der Waals surface area contributed by atoms with Crippen LogP contribution in [-0.2, 0) is 0 Å². The second-order valence-corrected chi connectivity index (χ2v) is 5.00. The summed E-state index contributed by atoms with van der Waals surface area (Å²) in [5, 5.41) is 10.5. The summed E-state index contributed by atoms with van der Waals surface area (Å²) in [6, 6.07) is 19.3. The van der Waals surface area contributed by atoms with Crippen LogP contribution in [0.1, 0.15) is 25.5 Å². The molecule has 0 aliphatic rings. The first-order valence-corrected chi connectivity index (χ1v) is 6.63. The molecule has 0 heterocycles. The lowest BCUT2D eigenvalue weighted by Gasteiger charge is -2.27. The average molecular weight is 256 g/mol. The van der Waals surface area contributed by atoms with Crippen molar-refractivity contribution in [3.63, 3.8) is 0 Å². The zero-order chi connectivity index (χ0) is 13.7. The van der Waals surface area contributed by atoms with Crippen LogP contribution in [0.4, 0.5) is 0 Å². The normalized spacial score (nSPS) is 14.1. The van der Waals surface area contributed by atoms with Crippen molar-refractivity contribution >= 4 is 0 Å². The van der Waals surface area contributed by atoms with Gasteiger partial charge in [-0.15, -0.1) is 0 Å². The van der Waals surface area contributed by atoms with Crippen molar-refractivity contribution in [2.75, 3.05) is 0 Å². The Morgan fingerprint density at radius 1 is 0.842 bits per heavy atom. The van der Waals surface area contributed by atoms with Crippen LogP contribution in [0.25, 0.3) is 0 Å². The zero-order valence-corrected chi connectivity index (χ0v) is 11.4. The molecule has 2 aromatic rings. The molecule has 1 N–H and O–H groups in total. The quantitative estimate of drug-likeness (QED) is 0.881. The van der Waals surface area contributed by atoms with Gasteiger partial charge in [0.05, 0.1) is 0 Å². The number of aliphatic hydroxyl groups excluding tert-OH is 1. The summed E-state index contributed by atoms with van der Waals surface area (Å²) in [5.74, 6) is 1.01. The van der Waals surface area contributed by atoms with E-state index in [1.807, 2.05) is 60.7 Å². The summed E-state index contributed by atoms with van der Waals surface area (Å²) in [6.07, 6.45) is -0.883. The molecule has 0 aliphatic heterocycles. The van der Waals surface area contributed by atoms with E-state index in [2.05, 4.69) is 13.8 Å². The standard InChI is InChI=1S/C17H20O2/c1-13(2)17(19-15-11-7-4-8-12-15)16(18)14-9-5-3-6-10-14/h3-13,16-18H,1-2H3. The van der Waals surface area contributed by atoms with Crippen molar-refractivity contribution in [1.29, 1.82) is 0 Å². The van der Waals surface area contributed by atoms with Crippen molar-refractivity contribution in [1.82, 2.24) is 0 Å². The van der Waals surface area contributed by atoms with E-state index in [4.69, 9.17) is 4.74 Å².